The molecule has 1 aliphatic heterocycles. The summed E-state index contributed by atoms with van der Waals surface area (Å²) in [5.74, 6) is -0.109. The van der Waals surface area contributed by atoms with Gasteiger partial charge in [-0.3, -0.25) is 4.79 Å². The van der Waals surface area contributed by atoms with E-state index in [4.69, 9.17) is 4.74 Å². The molecule has 2 aromatic carbocycles. The number of hydrogen-bond acceptors (Lipinski definition) is 4. The number of carbonyl (C=O) groups excluding carboxylic acids is 1. The molecule has 23 heavy (non-hydrogen) atoms. The molecule has 3 rings (SSSR count). The van der Waals surface area contributed by atoms with Crippen molar-refractivity contribution in [1.82, 2.24) is 5.32 Å². The zero-order valence-corrected chi connectivity index (χ0v) is 12.2. The summed E-state index contributed by atoms with van der Waals surface area (Å²) in [4.78, 5) is 12.1. The molecule has 0 saturated heterocycles. The summed E-state index contributed by atoms with van der Waals surface area (Å²) in [7, 11) is 1.36. The average molecular weight is 320 g/mol. The standard InChI is InChI=1S/C16H14F2N2O3/c1-22-13-8-9(6-7-12(13)23-16(17)18)14-19-11-5-3-2-4-10(11)15(21)20-14/h2-8,14,16,19H,1H3,(H,20,21). The summed E-state index contributed by atoms with van der Waals surface area (Å²) in [5.41, 5.74) is 1.91. The Hall–Kier alpha value is -2.83. The van der Waals surface area contributed by atoms with Crippen LogP contribution in [-0.4, -0.2) is 19.6 Å². The van der Waals surface area contributed by atoms with E-state index in [1.165, 1.54) is 13.2 Å². The lowest BCUT2D eigenvalue weighted by Gasteiger charge is -2.28. The Morgan fingerprint density at radius 2 is 1.87 bits per heavy atom. The summed E-state index contributed by atoms with van der Waals surface area (Å²) >= 11 is 0. The molecule has 0 aliphatic carbocycles. The molecule has 0 bridgehead atoms. The lowest BCUT2D eigenvalue weighted by molar-refractivity contribution is -0.0512. The van der Waals surface area contributed by atoms with Crippen LogP contribution in [0.15, 0.2) is 42.5 Å². The first kappa shape index (κ1) is 15.1. The van der Waals surface area contributed by atoms with Crippen molar-refractivity contribution < 1.29 is 23.0 Å². The van der Waals surface area contributed by atoms with Gasteiger partial charge in [-0.1, -0.05) is 18.2 Å². The fourth-order valence-electron chi connectivity index (χ4n) is 2.43. The van der Waals surface area contributed by atoms with Crippen molar-refractivity contribution in [3.8, 4) is 11.5 Å². The van der Waals surface area contributed by atoms with Gasteiger partial charge in [0.1, 0.15) is 6.17 Å². The molecule has 0 saturated carbocycles. The molecule has 0 fully saturated rings. The van der Waals surface area contributed by atoms with Gasteiger partial charge in [-0.2, -0.15) is 8.78 Å². The number of halogens is 2. The van der Waals surface area contributed by atoms with E-state index in [1.807, 2.05) is 6.07 Å². The number of amides is 1. The number of nitrogens with one attached hydrogen (secondary N) is 2. The van der Waals surface area contributed by atoms with Crippen LogP contribution in [0, 0.1) is 0 Å². The first-order valence-corrected chi connectivity index (χ1v) is 6.87. The molecule has 7 heteroatoms. The molecule has 1 heterocycles. The number of alkyl halides is 2. The predicted octanol–water partition coefficient (Wildman–Crippen LogP) is 3.15. The van der Waals surface area contributed by atoms with Crippen LogP contribution in [0.3, 0.4) is 0 Å². The molecular weight excluding hydrogens is 306 g/mol. The zero-order chi connectivity index (χ0) is 16.4. The Morgan fingerprint density at radius 3 is 2.61 bits per heavy atom. The average Bonchev–Trinajstić information content (AvgIpc) is 2.54. The minimum Gasteiger partial charge on any atom is -0.493 e. The van der Waals surface area contributed by atoms with E-state index in [1.54, 1.807) is 30.3 Å². The van der Waals surface area contributed by atoms with Crippen molar-refractivity contribution in [3.05, 3.63) is 53.6 Å². The lowest BCUT2D eigenvalue weighted by atomic mass is 10.1. The molecule has 1 atom stereocenters. The largest absolute Gasteiger partial charge is 0.493 e. The molecule has 1 aliphatic rings. The van der Waals surface area contributed by atoms with E-state index in [9.17, 15) is 13.6 Å². The van der Waals surface area contributed by atoms with Crippen LogP contribution < -0.4 is 20.1 Å². The van der Waals surface area contributed by atoms with Crippen LogP contribution in [0.25, 0.3) is 0 Å². The smallest absolute Gasteiger partial charge is 0.387 e. The molecule has 0 spiro atoms. The van der Waals surface area contributed by atoms with E-state index in [0.29, 0.717) is 16.8 Å². The van der Waals surface area contributed by atoms with E-state index in [2.05, 4.69) is 15.4 Å². The summed E-state index contributed by atoms with van der Waals surface area (Å²) in [6, 6.07) is 11.6. The number of anilines is 1. The molecule has 0 aromatic heterocycles. The van der Waals surface area contributed by atoms with E-state index >= 15 is 0 Å². The maximum atomic E-state index is 12.4. The van der Waals surface area contributed by atoms with Crippen LogP contribution >= 0.6 is 0 Å². The van der Waals surface area contributed by atoms with Gasteiger partial charge in [0, 0.05) is 5.69 Å². The Bertz CT molecular complexity index is 737. The van der Waals surface area contributed by atoms with Crippen molar-refractivity contribution in [2.45, 2.75) is 12.8 Å². The maximum absolute atomic E-state index is 12.4. The van der Waals surface area contributed by atoms with Gasteiger partial charge in [0.05, 0.1) is 12.7 Å². The minimum atomic E-state index is -2.94. The fraction of sp³-hybridized carbons (Fsp3) is 0.188. The van der Waals surface area contributed by atoms with Crippen LogP contribution in [-0.2, 0) is 0 Å². The second kappa shape index (κ2) is 6.12. The second-order valence-corrected chi connectivity index (χ2v) is 4.89. The topological polar surface area (TPSA) is 59.6 Å². The van der Waals surface area contributed by atoms with Gasteiger partial charge in [0.25, 0.3) is 5.91 Å². The van der Waals surface area contributed by atoms with E-state index < -0.39 is 12.8 Å². The third-order valence-electron chi connectivity index (χ3n) is 3.48. The quantitative estimate of drug-likeness (QED) is 0.908. The summed E-state index contributed by atoms with van der Waals surface area (Å²) in [5, 5.41) is 5.98. The Balaban J connectivity index is 1.89. The van der Waals surface area contributed by atoms with Crippen LogP contribution in [0.4, 0.5) is 14.5 Å². The molecule has 0 radical (unpaired) electrons. The minimum absolute atomic E-state index is 0.0613. The third-order valence-corrected chi connectivity index (χ3v) is 3.48. The Kier molecular flexibility index (Phi) is 4.01. The second-order valence-electron chi connectivity index (χ2n) is 4.89. The van der Waals surface area contributed by atoms with Crippen molar-refractivity contribution in [3.63, 3.8) is 0 Å². The highest BCUT2D eigenvalue weighted by Crippen LogP contribution is 2.33. The summed E-state index contributed by atoms with van der Waals surface area (Å²) in [6.45, 7) is -2.94. The fourth-order valence-corrected chi connectivity index (χ4v) is 2.43. The van der Waals surface area contributed by atoms with Crippen molar-refractivity contribution in [2.75, 3.05) is 12.4 Å². The highest BCUT2D eigenvalue weighted by atomic mass is 19.3. The highest BCUT2D eigenvalue weighted by molar-refractivity contribution is 6.01. The Morgan fingerprint density at radius 1 is 1.09 bits per heavy atom. The van der Waals surface area contributed by atoms with Gasteiger partial charge < -0.3 is 20.1 Å². The number of ether oxygens (including phenoxy) is 2. The van der Waals surface area contributed by atoms with E-state index in [0.717, 1.165) is 0 Å². The van der Waals surface area contributed by atoms with E-state index in [-0.39, 0.29) is 17.4 Å². The third kappa shape index (κ3) is 3.03. The molecule has 1 amide bonds. The number of benzene rings is 2. The number of para-hydroxylation sites is 1. The molecule has 1 unspecified atom stereocenters. The van der Waals surface area contributed by atoms with Crippen molar-refractivity contribution in [1.29, 1.82) is 0 Å². The number of hydrogen-bond donors (Lipinski definition) is 2. The number of rotatable bonds is 4. The number of methoxy groups -OCH3 is 1. The summed E-state index contributed by atoms with van der Waals surface area (Å²) < 4.78 is 34.2. The summed E-state index contributed by atoms with van der Waals surface area (Å²) in [6.07, 6.45) is -0.494. The van der Waals surface area contributed by atoms with Crippen LogP contribution in [0.5, 0.6) is 11.5 Å². The lowest BCUT2D eigenvalue weighted by Crippen LogP contribution is -2.38. The Labute approximate surface area is 131 Å². The molecule has 2 N–H and O–H groups in total. The molecule has 5 nitrogen and oxygen atoms in total. The van der Waals surface area contributed by atoms with Gasteiger partial charge in [-0.25, -0.2) is 0 Å². The zero-order valence-electron chi connectivity index (χ0n) is 12.2. The molecular formula is C16H14F2N2O3. The van der Waals surface area contributed by atoms with Gasteiger partial charge in [-0.05, 0) is 29.8 Å². The maximum Gasteiger partial charge on any atom is 0.387 e. The van der Waals surface area contributed by atoms with Gasteiger partial charge in [0.2, 0.25) is 0 Å². The van der Waals surface area contributed by atoms with Gasteiger partial charge in [0.15, 0.2) is 11.5 Å². The first-order chi connectivity index (χ1) is 11.1. The number of carbonyl (C=O) groups is 1. The monoisotopic (exact) mass is 320 g/mol. The van der Waals surface area contributed by atoms with Crippen molar-refractivity contribution >= 4 is 11.6 Å². The normalized spacial score (nSPS) is 16.3. The van der Waals surface area contributed by atoms with Crippen LogP contribution in [0.2, 0.25) is 0 Å². The number of fused-ring (bicyclic) bond motifs is 1. The molecule has 120 valence electrons. The van der Waals surface area contributed by atoms with Gasteiger partial charge in [-0.15, -0.1) is 0 Å². The SMILES string of the molecule is COc1cc(C2NC(=O)c3ccccc3N2)ccc1OC(F)F. The highest BCUT2D eigenvalue weighted by Gasteiger charge is 2.25. The predicted molar refractivity (Wildman–Crippen MR) is 79.9 cm³/mol. The first-order valence-electron chi connectivity index (χ1n) is 6.87. The van der Waals surface area contributed by atoms with Crippen molar-refractivity contribution in [2.24, 2.45) is 0 Å². The van der Waals surface area contributed by atoms with Gasteiger partial charge >= 0.3 is 6.61 Å². The van der Waals surface area contributed by atoms with Crippen LogP contribution in [0.1, 0.15) is 22.1 Å². The molecule has 2 aromatic rings.